The van der Waals surface area contributed by atoms with E-state index in [1.165, 1.54) is 38.1 Å². The normalized spacial score (nSPS) is 14.3. The Hall–Kier alpha value is -2.65. The summed E-state index contributed by atoms with van der Waals surface area (Å²) in [6, 6.07) is 5.29. The van der Waals surface area contributed by atoms with E-state index in [1.807, 2.05) is 5.09 Å². The minimum absolute atomic E-state index is 0.180. The van der Waals surface area contributed by atoms with Gasteiger partial charge in [0.1, 0.15) is 11.8 Å². The van der Waals surface area contributed by atoms with Crippen LogP contribution < -0.4 is 14.1 Å². The third kappa shape index (κ3) is 5.04. The first kappa shape index (κ1) is 22.6. The summed E-state index contributed by atoms with van der Waals surface area (Å²) in [6.07, 6.45) is 0. The quantitative estimate of drug-likeness (QED) is 0.270. The van der Waals surface area contributed by atoms with Crippen LogP contribution in [0.5, 0.6) is 11.5 Å². The molecular weight excluding hydrogens is 424 g/mol. The molecule has 0 heterocycles. The third-order valence-electron chi connectivity index (χ3n) is 3.58. The van der Waals surface area contributed by atoms with Gasteiger partial charge < -0.3 is 14.2 Å². The molecule has 158 valence electrons. The molecule has 0 saturated heterocycles. The predicted octanol–water partition coefficient (Wildman–Crippen LogP) is 4.65. The lowest BCUT2D eigenvalue weighted by molar-refractivity contribution is -0.140. The van der Waals surface area contributed by atoms with Gasteiger partial charge in [-0.1, -0.05) is 32.0 Å². The van der Waals surface area contributed by atoms with E-state index < -0.39 is 60.5 Å². The Labute approximate surface area is 161 Å². The maximum absolute atomic E-state index is 14.0. The Morgan fingerprint density at radius 1 is 0.931 bits per heavy atom. The van der Waals surface area contributed by atoms with Crippen molar-refractivity contribution in [3.05, 3.63) is 59.4 Å². The summed E-state index contributed by atoms with van der Waals surface area (Å²) < 4.78 is 90.7. The van der Waals surface area contributed by atoms with Crippen LogP contribution in [0.2, 0.25) is 0 Å². The van der Waals surface area contributed by atoms with E-state index in [2.05, 4.69) is 4.52 Å². The maximum Gasteiger partial charge on any atom is 0.513 e. The Balaban J connectivity index is 2.54. The van der Waals surface area contributed by atoms with Crippen molar-refractivity contribution in [3.8, 4) is 11.5 Å². The highest BCUT2D eigenvalue weighted by atomic mass is 31.2. The van der Waals surface area contributed by atoms with Gasteiger partial charge in [0.15, 0.2) is 0 Å². The van der Waals surface area contributed by atoms with E-state index in [1.54, 1.807) is 6.07 Å². The molecule has 6 nitrogen and oxygen atoms in total. The monoisotopic (exact) mass is 439 g/mol. The standard InChI is InChI=1S/C17H15F5NO5P/c1-8(2)15(17(24)25)23-29(26,27-9-6-4-3-5-7-9)28-16-13(21)11(19)10(18)12(20)14(16)22/h3-8,15H,1-2H3,(H,23,26)(H,24,25)/t15-,29?/m0/s1. The van der Waals surface area contributed by atoms with Crippen molar-refractivity contribution in [2.24, 2.45) is 5.92 Å². The number of rotatable bonds is 8. The topological polar surface area (TPSA) is 84.9 Å². The van der Waals surface area contributed by atoms with Crippen molar-refractivity contribution in [3.63, 3.8) is 0 Å². The molecule has 2 aromatic carbocycles. The fraction of sp³-hybridized carbons (Fsp3) is 0.235. The lowest BCUT2D eigenvalue weighted by atomic mass is 10.1. The van der Waals surface area contributed by atoms with Crippen molar-refractivity contribution < 1.29 is 45.5 Å². The highest BCUT2D eigenvalue weighted by Gasteiger charge is 2.40. The smallest absolute Gasteiger partial charge is 0.480 e. The molecule has 12 heteroatoms. The molecule has 2 N–H and O–H groups in total. The number of carbonyl (C=O) groups is 1. The highest BCUT2D eigenvalue weighted by molar-refractivity contribution is 7.52. The van der Waals surface area contributed by atoms with Crippen molar-refractivity contribution in [2.75, 3.05) is 0 Å². The van der Waals surface area contributed by atoms with Crippen LogP contribution in [-0.2, 0) is 9.36 Å². The molecule has 0 aromatic heterocycles. The zero-order valence-corrected chi connectivity index (χ0v) is 15.9. The van der Waals surface area contributed by atoms with Gasteiger partial charge >= 0.3 is 13.7 Å². The maximum atomic E-state index is 14.0. The number of carboxylic acid groups (broad SMARTS) is 1. The highest BCUT2D eigenvalue weighted by Crippen LogP contribution is 2.48. The van der Waals surface area contributed by atoms with Gasteiger partial charge in [0.05, 0.1) is 0 Å². The number of aliphatic carboxylic acids is 1. The zero-order chi connectivity index (χ0) is 21.9. The van der Waals surface area contributed by atoms with E-state index >= 15 is 0 Å². The molecule has 0 aliphatic rings. The van der Waals surface area contributed by atoms with Gasteiger partial charge in [0.25, 0.3) is 0 Å². The Morgan fingerprint density at radius 3 is 1.86 bits per heavy atom. The average Bonchev–Trinajstić information content (AvgIpc) is 2.67. The summed E-state index contributed by atoms with van der Waals surface area (Å²) in [6.45, 7) is 2.83. The molecule has 29 heavy (non-hydrogen) atoms. The summed E-state index contributed by atoms with van der Waals surface area (Å²) in [5, 5.41) is 11.2. The van der Waals surface area contributed by atoms with Gasteiger partial charge in [-0.15, -0.1) is 0 Å². The van der Waals surface area contributed by atoms with Crippen LogP contribution in [-0.4, -0.2) is 17.1 Å². The summed E-state index contributed by atoms with van der Waals surface area (Å²) in [5.41, 5.74) is 0. The predicted molar refractivity (Wildman–Crippen MR) is 90.9 cm³/mol. The first-order valence-corrected chi connectivity index (χ1v) is 9.57. The first-order chi connectivity index (χ1) is 13.5. The fourth-order valence-corrected chi connectivity index (χ4v) is 3.83. The number of benzene rings is 2. The summed E-state index contributed by atoms with van der Waals surface area (Å²) in [5.74, 6) is -16.2. The number of para-hydroxylation sites is 1. The molecule has 2 atom stereocenters. The van der Waals surface area contributed by atoms with Crippen LogP contribution in [0, 0.1) is 35.0 Å². The van der Waals surface area contributed by atoms with E-state index in [0.29, 0.717) is 0 Å². The van der Waals surface area contributed by atoms with Crippen LogP contribution in [0.15, 0.2) is 30.3 Å². The Kier molecular flexibility index (Phi) is 6.86. The summed E-state index contributed by atoms with van der Waals surface area (Å²) in [4.78, 5) is 11.4. The van der Waals surface area contributed by atoms with E-state index in [9.17, 15) is 36.4 Å². The van der Waals surface area contributed by atoms with Crippen molar-refractivity contribution >= 4 is 13.7 Å². The molecule has 0 amide bonds. The summed E-state index contributed by atoms with van der Waals surface area (Å²) in [7, 11) is -5.00. The van der Waals surface area contributed by atoms with E-state index in [4.69, 9.17) is 4.52 Å². The SMILES string of the molecule is CC(C)[C@H](NP(=O)(Oc1ccccc1)Oc1c(F)c(F)c(F)c(F)c1F)C(=O)O. The minimum Gasteiger partial charge on any atom is -0.480 e. The summed E-state index contributed by atoms with van der Waals surface area (Å²) >= 11 is 0. The molecule has 2 aromatic rings. The van der Waals surface area contributed by atoms with E-state index in [-0.39, 0.29) is 5.75 Å². The molecule has 0 fully saturated rings. The second-order valence-electron chi connectivity index (χ2n) is 6.08. The van der Waals surface area contributed by atoms with Crippen LogP contribution in [0.4, 0.5) is 22.0 Å². The second kappa shape index (κ2) is 8.79. The minimum atomic E-state index is -5.00. The van der Waals surface area contributed by atoms with Gasteiger partial charge in [-0.05, 0) is 18.1 Å². The van der Waals surface area contributed by atoms with Gasteiger partial charge in [0.2, 0.25) is 34.8 Å². The Morgan fingerprint density at radius 2 is 1.41 bits per heavy atom. The van der Waals surface area contributed by atoms with Gasteiger partial charge in [0, 0.05) is 0 Å². The molecular formula is C17H15F5NO5P. The fourth-order valence-electron chi connectivity index (χ4n) is 2.14. The number of halogens is 5. The van der Waals surface area contributed by atoms with Crippen molar-refractivity contribution in [1.29, 1.82) is 0 Å². The third-order valence-corrected chi connectivity index (χ3v) is 5.05. The molecule has 0 saturated carbocycles. The van der Waals surface area contributed by atoms with Gasteiger partial charge in [-0.25, -0.2) is 17.7 Å². The lowest BCUT2D eigenvalue weighted by Gasteiger charge is -2.25. The van der Waals surface area contributed by atoms with Crippen LogP contribution in [0.25, 0.3) is 0 Å². The molecule has 0 spiro atoms. The second-order valence-corrected chi connectivity index (χ2v) is 7.70. The molecule has 1 unspecified atom stereocenters. The van der Waals surface area contributed by atoms with Crippen LogP contribution in [0.3, 0.4) is 0 Å². The van der Waals surface area contributed by atoms with Crippen LogP contribution >= 0.6 is 7.75 Å². The molecule has 0 aliphatic carbocycles. The number of hydrogen-bond acceptors (Lipinski definition) is 4. The molecule has 0 aliphatic heterocycles. The van der Waals surface area contributed by atoms with Crippen LogP contribution in [0.1, 0.15) is 13.8 Å². The van der Waals surface area contributed by atoms with Crippen molar-refractivity contribution in [1.82, 2.24) is 5.09 Å². The molecule has 0 radical (unpaired) electrons. The Bertz CT molecular complexity index is 928. The van der Waals surface area contributed by atoms with Gasteiger partial charge in [-0.2, -0.15) is 13.9 Å². The van der Waals surface area contributed by atoms with Crippen molar-refractivity contribution in [2.45, 2.75) is 19.9 Å². The van der Waals surface area contributed by atoms with Gasteiger partial charge in [-0.3, -0.25) is 4.79 Å². The molecule has 0 bridgehead atoms. The molecule has 2 rings (SSSR count). The number of carboxylic acids is 1. The lowest BCUT2D eigenvalue weighted by Crippen LogP contribution is -2.41. The van der Waals surface area contributed by atoms with E-state index in [0.717, 1.165) is 0 Å². The largest absolute Gasteiger partial charge is 0.513 e. The number of nitrogens with one attached hydrogen (secondary N) is 1. The first-order valence-electron chi connectivity index (χ1n) is 8.03. The average molecular weight is 439 g/mol. The zero-order valence-electron chi connectivity index (χ0n) is 15.0. The number of hydrogen-bond donors (Lipinski definition) is 2.